The van der Waals surface area contributed by atoms with Crippen molar-refractivity contribution < 1.29 is 19.0 Å². The van der Waals surface area contributed by atoms with E-state index in [0.29, 0.717) is 42.4 Å². The maximum Gasteiger partial charge on any atom is 0.220 e. The number of aryl methyl sites for hydroxylation is 1. The predicted molar refractivity (Wildman–Crippen MR) is 107 cm³/mol. The Bertz CT molecular complexity index is 689. The lowest BCUT2D eigenvalue weighted by atomic mass is 9.70. The molecule has 3 fully saturated rings. The van der Waals surface area contributed by atoms with Gasteiger partial charge in [0.1, 0.15) is 0 Å². The number of ether oxygens (including phenoxy) is 3. The molecule has 6 nitrogen and oxygen atoms in total. The Balaban J connectivity index is 1.33. The molecule has 0 radical (unpaired) electrons. The summed E-state index contributed by atoms with van der Waals surface area (Å²) in [6, 6.07) is 6.44. The lowest BCUT2D eigenvalue weighted by molar-refractivity contribution is -0.130. The van der Waals surface area contributed by atoms with Crippen LogP contribution in [0.3, 0.4) is 0 Å². The van der Waals surface area contributed by atoms with Gasteiger partial charge in [-0.15, -0.1) is 0 Å². The van der Waals surface area contributed by atoms with Gasteiger partial charge in [0.05, 0.1) is 32.4 Å². The summed E-state index contributed by atoms with van der Waals surface area (Å²) < 4.78 is 16.6. The summed E-state index contributed by atoms with van der Waals surface area (Å²) in [5.41, 5.74) is 1.08. The number of likely N-dealkylation sites (tertiary alicyclic amines) is 1. The minimum absolute atomic E-state index is 0.132. The largest absolute Gasteiger partial charge is 0.493 e. The van der Waals surface area contributed by atoms with Gasteiger partial charge < -0.3 is 19.5 Å². The third-order valence-electron chi connectivity index (χ3n) is 6.58. The first-order valence-electron chi connectivity index (χ1n) is 10.6. The fraction of sp³-hybridized carbons (Fsp3) is 0.682. The van der Waals surface area contributed by atoms with Gasteiger partial charge in [0.25, 0.3) is 0 Å². The number of benzene rings is 1. The Labute approximate surface area is 167 Å². The average Bonchev–Trinajstić information content (AvgIpc) is 3.14. The molecular weight excluding hydrogens is 356 g/mol. The van der Waals surface area contributed by atoms with Crippen molar-refractivity contribution in [2.24, 2.45) is 5.92 Å². The van der Waals surface area contributed by atoms with Crippen LogP contribution >= 0.6 is 0 Å². The Morgan fingerprint density at radius 2 is 1.96 bits per heavy atom. The zero-order valence-electron chi connectivity index (χ0n) is 17.0. The van der Waals surface area contributed by atoms with Gasteiger partial charge in [0.2, 0.25) is 5.91 Å². The van der Waals surface area contributed by atoms with Crippen LogP contribution in [0.15, 0.2) is 18.2 Å². The summed E-state index contributed by atoms with van der Waals surface area (Å²) >= 11 is 0. The number of methoxy groups -OCH3 is 2. The molecule has 4 atom stereocenters. The van der Waals surface area contributed by atoms with Crippen molar-refractivity contribution in [2.75, 3.05) is 33.9 Å². The molecule has 2 aliphatic heterocycles. The topological polar surface area (TPSA) is 60.0 Å². The second kappa shape index (κ2) is 8.70. The summed E-state index contributed by atoms with van der Waals surface area (Å²) in [5, 5.41) is 3.34. The molecule has 0 bridgehead atoms. The molecule has 1 saturated carbocycles. The highest BCUT2D eigenvalue weighted by molar-refractivity contribution is 5.77. The number of amides is 1. The normalized spacial score (nSPS) is 29.6. The summed E-state index contributed by atoms with van der Waals surface area (Å²) in [7, 11) is 3.26. The van der Waals surface area contributed by atoms with Gasteiger partial charge >= 0.3 is 0 Å². The minimum Gasteiger partial charge on any atom is -0.493 e. The molecule has 0 spiro atoms. The van der Waals surface area contributed by atoms with Crippen LogP contribution in [0.25, 0.3) is 0 Å². The van der Waals surface area contributed by atoms with E-state index in [4.69, 9.17) is 14.2 Å². The van der Waals surface area contributed by atoms with Gasteiger partial charge in [-0.1, -0.05) is 12.5 Å². The Kier molecular flexibility index (Phi) is 6.07. The van der Waals surface area contributed by atoms with E-state index in [-0.39, 0.29) is 11.9 Å². The van der Waals surface area contributed by atoms with E-state index in [9.17, 15) is 4.79 Å². The van der Waals surface area contributed by atoms with Crippen molar-refractivity contribution in [3.8, 4) is 11.5 Å². The van der Waals surface area contributed by atoms with Gasteiger partial charge in [-0.2, -0.15) is 0 Å². The third-order valence-corrected chi connectivity index (χ3v) is 6.58. The molecule has 0 unspecified atom stereocenters. The van der Waals surface area contributed by atoms with Crippen LogP contribution in [-0.4, -0.2) is 62.9 Å². The highest BCUT2D eigenvalue weighted by atomic mass is 16.5. The van der Waals surface area contributed by atoms with E-state index in [2.05, 4.69) is 10.2 Å². The van der Waals surface area contributed by atoms with Crippen LogP contribution in [0.4, 0.5) is 0 Å². The molecule has 0 aromatic heterocycles. The number of piperidine rings is 1. The first-order valence-corrected chi connectivity index (χ1v) is 10.6. The number of carbonyl (C=O) groups excluding carboxylic acids is 1. The lowest BCUT2D eigenvalue weighted by Crippen LogP contribution is -2.71. The van der Waals surface area contributed by atoms with E-state index < -0.39 is 0 Å². The molecule has 6 heteroatoms. The number of carbonyl (C=O) groups is 1. The molecule has 1 N–H and O–H groups in total. The first-order chi connectivity index (χ1) is 13.7. The summed E-state index contributed by atoms with van der Waals surface area (Å²) in [6.07, 6.45) is 6.39. The highest BCUT2D eigenvalue weighted by Crippen LogP contribution is 2.42. The molecule has 1 aliphatic carbocycles. The molecule has 2 saturated heterocycles. The van der Waals surface area contributed by atoms with Crippen LogP contribution in [-0.2, 0) is 16.0 Å². The number of fused-ring (bicyclic) bond motifs is 1. The molecule has 154 valence electrons. The third kappa shape index (κ3) is 3.85. The quantitative estimate of drug-likeness (QED) is 0.777. The molecule has 4 rings (SSSR count). The van der Waals surface area contributed by atoms with Crippen LogP contribution in [0, 0.1) is 5.92 Å². The maximum atomic E-state index is 12.7. The number of nitrogens with zero attached hydrogens (tertiary/aromatic N) is 1. The second-order valence-electron chi connectivity index (χ2n) is 8.16. The Morgan fingerprint density at radius 1 is 1.18 bits per heavy atom. The molecule has 3 aliphatic rings. The molecule has 2 heterocycles. The second-order valence-corrected chi connectivity index (χ2v) is 8.16. The summed E-state index contributed by atoms with van der Waals surface area (Å²) in [6.45, 7) is 3.10. The van der Waals surface area contributed by atoms with Crippen molar-refractivity contribution in [3.63, 3.8) is 0 Å². The van der Waals surface area contributed by atoms with Crippen LogP contribution in [0.5, 0.6) is 11.5 Å². The van der Waals surface area contributed by atoms with Crippen molar-refractivity contribution in [1.29, 1.82) is 0 Å². The molecular formula is C22H32N2O4. The number of hydrogen-bond donors (Lipinski definition) is 1. The SMILES string of the molecule is COc1ccc(CCC(=O)N[C@H]2[C@H]3CCO[C@H]3[C@@H]2N2CCCCC2)cc1OC. The first kappa shape index (κ1) is 19.5. The molecule has 28 heavy (non-hydrogen) atoms. The van der Waals surface area contributed by atoms with Crippen LogP contribution in [0.2, 0.25) is 0 Å². The van der Waals surface area contributed by atoms with E-state index in [1.807, 2.05) is 18.2 Å². The number of nitrogens with one attached hydrogen (secondary N) is 1. The fourth-order valence-electron chi connectivity index (χ4n) is 5.07. The highest BCUT2D eigenvalue weighted by Gasteiger charge is 2.56. The summed E-state index contributed by atoms with van der Waals surface area (Å²) in [4.78, 5) is 15.2. The zero-order chi connectivity index (χ0) is 19.5. The monoisotopic (exact) mass is 388 g/mol. The van der Waals surface area contributed by atoms with Gasteiger partial charge in [0.15, 0.2) is 11.5 Å². The Hall–Kier alpha value is -1.79. The Morgan fingerprint density at radius 3 is 2.71 bits per heavy atom. The fourth-order valence-corrected chi connectivity index (χ4v) is 5.07. The number of hydrogen-bond acceptors (Lipinski definition) is 5. The zero-order valence-corrected chi connectivity index (χ0v) is 17.0. The van der Waals surface area contributed by atoms with Crippen LogP contribution in [0.1, 0.15) is 37.7 Å². The average molecular weight is 389 g/mol. The predicted octanol–water partition coefficient (Wildman–Crippen LogP) is 2.39. The van der Waals surface area contributed by atoms with Crippen molar-refractivity contribution in [2.45, 2.75) is 56.7 Å². The summed E-state index contributed by atoms with van der Waals surface area (Å²) in [5.74, 6) is 2.03. The maximum absolute atomic E-state index is 12.7. The van der Waals surface area contributed by atoms with Crippen molar-refractivity contribution in [1.82, 2.24) is 10.2 Å². The van der Waals surface area contributed by atoms with Crippen LogP contribution < -0.4 is 14.8 Å². The lowest BCUT2D eigenvalue weighted by Gasteiger charge is -2.53. The van der Waals surface area contributed by atoms with Gasteiger partial charge in [0, 0.05) is 18.9 Å². The number of rotatable bonds is 7. The van der Waals surface area contributed by atoms with E-state index >= 15 is 0 Å². The van der Waals surface area contributed by atoms with Gasteiger partial charge in [-0.3, -0.25) is 9.69 Å². The van der Waals surface area contributed by atoms with Gasteiger partial charge in [-0.25, -0.2) is 0 Å². The minimum atomic E-state index is 0.132. The van der Waals surface area contributed by atoms with E-state index in [0.717, 1.165) is 31.7 Å². The molecule has 1 amide bonds. The van der Waals surface area contributed by atoms with Crippen molar-refractivity contribution in [3.05, 3.63) is 23.8 Å². The van der Waals surface area contributed by atoms with Gasteiger partial charge in [-0.05, 0) is 56.5 Å². The smallest absolute Gasteiger partial charge is 0.220 e. The van der Waals surface area contributed by atoms with E-state index in [1.165, 1.54) is 19.3 Å². The molecule has 1 aromatic carbocycles. The standard InChI is InChI=1S/C22H32N2O4/c1-26-17-8-6-15(14-18(17)27-2)7-9-19(25)23-20-16-10-13-28-22(16)21(20)24-11-4-3-5-12-24/h6,8,14,16,20-22H,3-5,7,9-13H2,1-2H3,(H,23,25)/t16-,20+,21-,22-/m1/s1. The van der Waals surface area contributed by atoms with E-state index in [1.54, 1.807) is 14.2 Å². The van der Waals surface area contributed by atoms with Crippen molar-refractivity contribution >= 4 is 5.91 Å². The molecule has 1 aromatic rings.